The quantitative estimate of drug-likeness (QED) is 0.427. The van der Waals surface area contributed by atoms with Crippen molar-refractivity contribution in [3.05, 3.63) is 41.4 Å². The third kappa shape index (κ3) is 5.40. The smallest absolute Gasteiger partial charge is 0.267 e. The third-order valence-electron chi connectivity index (χ3n) is 8.61. The topological polar surface area (TPSA) is 118 Å². The number of thiazole rings is 1. The van der Waals surface area contributed by atoms with Crippen LogP contribution in [-0.2, 0) is 21.2 Å². The molecule has 2 N–H and O–H groups in total. The maximum Gasteiger partial charge on any atom is 0.267 e. The summed E-state index contributed by atoms with van der Waals surface area (Å²) in [6, 6.07) is 4.60. The summed E-state index contributed by atoms with van der Waals surface area (Å²) in [6.07, 6.45) is 3.33. The minimum atomic E-state index is -4.01. The number of ether oxygens (including phenoxy) is 2. The Kier molecular flexibility index (Phi) is 8.35. The monoisotopic (exact) mass is 577 g/mol. The molecule has 0 aliphatic heterocycles. The van der Waals surface area contributed by atoms with Gasteiger partial charge in [-0.1, -0.05) is 26.8 Å². The molecule has 0 bridgehead atoms. The third-order valence-corrected chi connectivity index (χ3v) is 11.1. The van der Waals surface area contributed by atoms with Gasteiger partial charge in [-0.15, -0.1) is 17.9 Å². The molecule has 1 aromatic carbocycles. The van der Waals surface area contributed by atoms with Crippen molar-refractivity contribution < 1.29 is 27.8 Å². The summed E-state index contributed by atoms with van der Waals surface area (Å²) in [5.74, 6) is -0.0904. The highest BCUT2D eigenvalue weighted by Crippen LogP contribution is 2.57. The van der Waals surface area contributed by atoms with Crippen LogP contribution < -0.4 is 14.2 Å². The van der Waals surface area contributed by atoms with Crippen molar-refractivity contribution >= 4 is 32.4 Å². The maximum absolute atomic E-state index is 13.3. The lowest BCUT2D eigenvalue weighted by Crippen LogP contribution is -2.53. The first-order chi connectivity index (χ1) is 18.4. The largest absolute Gasteiger partial charge is 0.497 e. The standard InChI is InChI=1S/C28H39N3O6S2/c1-8-13-31(5)26(33)16(2)19-11-12-28(4)15-21-24(17(3)23(28)25(19)32)29-27(38-21)30-39(34,35)22-14-18(36-6)9-10-20(22)37-7/h8-10,14,16-17,19,23,25,32H,1,11-13,15H2,2-7H3,(H,29,30)/t16-,17-,19?,23+,25-,28-/m0/s1. The predicted molar refractivity (Wildman–Crippen MR) is 152 cm³/mol. The van der Waals surface area contributed by atoms with E-state index >= 15 is 0 Å². The molecule has 1 saturated carbocycles. The fourth-order valence-electron chi connectivity index (χ4n) is 6.57. The highest BCUT2D eigenvalue weighted by molar-refractivity contribution is 7.93. The number of likely N-dealkylation sites (N-methyl/N-ethyl adjacent to an activating group) is 1. The number of aliphatic hydroxyl groups excluding tert-OH is 1. The zero-order chi connectivity index (χ0) is 28.7. The van der Waals surface area contributed by atoms with Crippen LogP contribution in [0.15, 0.2) is 35.7 Å². The van der Waals surface area contributed by atoms with Crippen LogP contribution >= 0.6 is 11.3 Å². The second-order valence-electron chi connectivity index (χ2n) is 11.1. The molecule has 214 valence electrons. The Balaban J connectivity index is 1.60. The number of nitrogens with one attached hydrogen (secondary N) is 1. The van der Waals surface area contributed by atoms with Gasteiger partial charge in [0.1, 0.15) is 16.4 Å². The second kappa shape index (κ2) is 11.1. The summed E-state index contributed by atoms with van der Waals surface area (Å²) in [5, 5.41) is 11.9. The van der Waals surface area contributed by atoms with E-state index in [1.165, 1.54) is 31.6 Å². The van der Waals surface area contributed by atoms with Gasteiger partial charge in [-0.25, -0.2) is 13.4 Å². The summed E-state index contributed by atoms with van der Waals surface area (Å²) in [5.41, 5.74) is 0.622. The molecule has 1 heterocycles. The van der Waals surface area contributed by atoms with Crippen molar-refractivity contribution in [2.75, 3.05) is 32.5 Å². The first-order valence-corrected chi connectivity index (χ1v) is 15.4. The van der Waals surface area contributed by atoms with Crippen molar-refractivity contribution in [3.8, 4) is 11.5 Å². The number of nitrogens with zero attached hydrogens (tertiary/aromatic N) is 2. The molecule has 0 spiro atoms. The first kappa shape index (κ1) is 29.4. The van der Waals surface area contributed by atoms with Gasteiger partial charge in [0.05, 0.1) is 26.0 Å². The molecule has 39 heavy (non-hydrogen) atoms. The molecule has 0 saturated heterocycles. The highest BCUT2D eigenvalue weighted by atomic mass is 32.2. The molecular formula is C28H39N3O6S2. The van der Waals surface area contributed by atoms with E-state index in [-0.39, 0.29) is 50.8 Å². The fraction of sp³-hybridized carbons (Fsp3) is 0.571. The molecule has 2 aliphatic carbocycles. The van der Waals surface area contributed by atoms with Gasteiger partial charge in [-0.05, 0) is 48.6 Å². The van der Waals surface area contributed by atoms with E-state index in [1.54, 1.807) is 30.2 Å². The number of rotatable bonds is 9. The number of fused-ring (bicyclic) bond motifs is 2. The molecule has 6 atom stereocenters. The lowest BCUT2D eigenvalue weighted by Gasteiger charge is -2.53. The van der Waals surface area contributed by atoms with Gasteiger partial charge in [0.2, 0.25) is 5.91 Å². The minimum Gasteiger partial charge on any atom is -0.497 e. The lowest BCUT2D eigenvalue weighted by molar-refractivity contribution is -0.143. The van der Waals surface area contributed by atoms with E-state index in [2.05, 4.69) is 18.2 Å². The maximum atomic E-state index is 13.3. The summed E-state index contributed by atoms with van der Waals surface area (Å²) in [6.45, 7) is 10.3. The van der Waals surface area contributed by atoms with Crippen LogP contribution in [0.5, 0.6) is 11.5 Å². The molecule has 9 nitrogen and oxygen atoms in total. The fourth-order valence-corrected chi connectivity index (χ4v) is 9.25. The van der Waals surface area contributed by atoms with E-state index in [1.807, 2.05) is 13.8 Å². The van der Waals surface area contributed by atoms with E-state index in [9.17, 15) is 18.3 Å². The molecule has 2 aromatic rings. The normalized spacial score (nSPS) is 27.1. The molecule has 11 heteroatoms. The van der Waals surface area contributed by atoms with Gasteiger partial charge in [-0.3, -0.25) is 9.52 Å². The molecule has 4 rings (SSSR count). The van der Waals surface area contributed by atoms with Gasteiger partial charge in [-0.2, -0.15) is 0 Å². The van der Waals surface area contributed by atoms with Crippen LogP contribution in [0.3, 0.4) is 0 Å². The zero-order valence-corrected chi connectivity index (χ0v) is 25.1. The van der Waals surface area contributed by atoms with Crippen LogP contribution in [0.1, 0.15) is 50.1 Å². The van der Waals surface area contributed by atoms with Gasteiger partial charge in [0.25, 0.3) is 10.0 Å². The van der Waals surface area contributed by atoms with Crippen molar-refractivity contribution in [1.29, 1.82) is 0 Å². The number of carbonyl (C=O) groups is 1. The molecule has 0 radical (unpaired) electrons. The number of aliphatic hydroxyl groups is 1. The average molecular weight is 578 g/mol. The Labute approximate surface area is 235 Å². The molecule has 1 unspecified atom stereocenters. The van der Waals surface area contributed by atoms with Crippen molar-refractivity contribution in [3.63, 3.8) is 0 Å². The summed E-state index contributed by atoms with van der Waals surface area (Å²) in [7, 11) is 0.636. The first-order valence-electron chi connectivity index (χ1n) is 13.1. The summed E-state index contributed by atoms with van der Waals surface area (Å²) < 4.78 is 39.8. The SMILES string of the molecule is C=CCN(C)C(=O)[C@@H](C)C1CC[C@@]2(C)Cc3sc(NS(=O)(=O)c4cc(OC)ccc4OC)nc3[C@@H](C)[C@@H]2[C@H]1O. The molecular weight excluding hydrogens is 538 g/mol. The van der Waals surface area contributed by atoms with Crippen molar-refractivity contribution in [2.24, 2.45) is 23.2 Å². The Morgan fingerprint density at radius 2 is 2.10 bits per heavy atom. The van der Waals surface area contributed by atoms with Gasteiger partial charge in [0.15, 0.2) is 5.13 Å². The van der Waals surface area contributed by atoms with Gasteiger partial charge >= 0.3 is 0 Å². The van der Waals surface area contributed by atoms with E-state index in [0.29, 0.717) is 18.7 Å². The number of carbonyl (C=O) groups excluding carboxylic acids is 1. The van der Waals surface area contributed by atoms with E-state index < -0.39 is 16.1 Å². The number of aromatic nitrogens is 1. The predicted octanol–water partition coefficient (Wildman–Crippen LogP) is 4.29. The van der Waals surface area contributed by atoms with Crippen molar-refractivity contribution in [1.82, 2.24) is 9.88 Å². The molecule has 2 aliphatic rings. The highest BCUT2D eigenvalue weighted by Gasteiger charge is 2.54. The Hall–Kier alpha value is -2.63. The van der Waals surface area contributed by atoms with Crippen LogP contribution in [0.4, 0.5) is 5.13 Å². The number of sulfonamides is 1. The molecule has 1 fully saturated rings. The Bertz CT molecular complexity index is 1340. The number of hydrogen-bond donors (Lipinski definition) is 2. The number of benzene rings is 1. The summed E-state index contributed by atoms with van der Waals surface area (Å²) >= 11 is 1.34. The van der Waals surface area contributed by atoms with Crippen LogP contribution in [0.2, 0.25) is 0 Å². The number of methoxy groups -OCH3 is 2. The van der Waals surface area contributed by atoms with Gasteiger partial charge in [0, 0.05) is 36.4 Å². The van der Waals surface area contributed by atoms with Crippen LogP contribution in [0, 0.1) is 23.2 Å². The lowest BCUT2D eigenvalue weighted by atomic mass is 9.53. The van der Waals surface area contributed by atoms with Gasteiger partial charge < -0.3 is 19.5 Å². The van der Waals surface area contributed by atoms with Crippen molar-refractivity contribution in [2.45, 2.75) is 57.0 Å². The van der Waals surface area contributed by atoms with E-state index in [4.69, 9.17) is 14.5 Å². The summed E-state index contributed by atoms with van der Waals surface area (Å²) in [4.78, 5) is 20.4. The Morgan fingerprint density at radius 1 is 1.38 bits per heavy atom. The average Bonchev–Trinajstić information content (AvgIpc) is 3.28. The Morgan fingerprint density at radius 3 is 2.74 bits per heavy atom. The number of hydrogen-bond acceptors (Lipinski definition) is 8. The minimum absolute atomic E-state index is 0.00465. The molecule has 1 amide bonds. The number of amides is 1. The van der Waals surface area contributed by atoms with E-state index in [0.717, 1.165) is 23.4 Å². The van der Waals surface area contributed by atoms with Crippen LogP contribution in [-0.4, -0.2) is 63.2 Å². The number of anilines is 1. The zero-order valence-electron chi connectivity index (χ0n) is 23.4. The molecule has 1 aromatic heterocycles. The second-order valence-corrected chi connectivity index (χ2v) is 13.8. The van der Waals surface area contributed by atoms with Crippen LogP contribution in [0.25, 0.3) is 0 Å².